The summed E-state index contributed by atoms with van der Waals surface area (Å²) < 4.78 is 5.21. The summed E-state index contributed by atoms with van der Waals surface area (Å²) in [5, 5.41) is 17.8. The maximum absolute atomic E-state index is 13.0. The molecule has 9 N–H and O–H groups in total. The van der Waals surface area contributed by atoms with E-state index in [1.165, 1.54) is 40.6 Å². The molecule has 0 aliphatic heterocycles. The Morgan fingerprint density at radius 2 is 1.65 bits per heavy atom. The summed E-state index contributed by atoms with van der Waals surface area (Å²) in [5.74, 6) is -1.50. The number of carboxylic acid groups (broad SMARTS) is 1. The molecule has 62 heavy (non-hydrogen) atoms. The van der Waals surface area contributed by atoms with Crippen molar-refractivity contribution < 1.29 is 43.4 Å². The molecule has 1 heterocycles. The van der Waals surface area contributed by atoms with Gasteiger partial charge in [0.2, 0.25) is 17.8 Å². The number of nitrogens with two attached hydrogens (primary N) is 2. The predicted octanol–water partition coefficient (Wildman–Crippen LogP) is 2.19. The Kier molecular flexibility index (Phi) is 21.0. The number of aromatic nitrogens is 2. The fourth-order valence-corrected chi connectivity index (χ4v) is 7.76. The predicted molar refractivity (Wildman–Crippen MR) is 239 cm³/mol. The second kappa shape index (κ2) is 25.8. The number of aliphatic carboxylic acids is 1. The lowest BCUT2D eigenvalue weighted by Crippen LogP contribution is -2.43. The van der Waals surface area contributed by atoms with Crippen molar-refractivity contribution in [2.45, 2.75) is 71.5 Å². The molecule has 0 aliphatic rings. The number of nitrogens with zero attached hydrogens (tertiary/aromatic N) is 2. The molecule has 20 heteroatoms. The third kappa shape index (κ3) is 16.9. The lowest BCUT2D eigenvalue weighted by Gasteiger charge is -2.23. The second-order valence-electron chi connectivity index (χ2n) is 14.5. The number of rotatable bonds is 27. The number of nitrogen functional groups attached to an aromatic ring is 1. The molecule has 0 radical (unpaired) electrons. The van der Waals surface area contributed by atoms with Crippen LogP contribution in [0.2, 0.25) is 0 Å². The summed E-state index contributed by atoms with van der Waals surface area (Å²) in [5.41, 5.74) is 12.7. The smallest absolute Gasteiger partial charge is 0.326 e. The summed E-state index contributed by atoms with van der Waals surface area (Å²) in [4.78, 5) is 108. The van der Waals surface area contributed by atoms with Crippen LogP contribution < -0.4 is 37.9 Å². The third-order valence-electron chi connectivity index (χ3n) is 9.38. The summed E-state index contributed by atoms with van der Waals surface area (Å²) in [6.07, 6.45) is 5.33. The van der Waals surface area contributed by atoms with E-state index in [-0.39, 0.29) is 86.3 Å². The lowest BCUT2D eigenvalue weighted by molar-refractivity contribution is -0.144. The number of fused-ring (bicyclic) bond motifs is 1. The van der Waals surface area contributed by atoms with Crippen molar-refractivity contribution >= 4 is 85.4 Å². The molecule has 3 aromatic rings. The number of terminal acetylenes is 1. The number of aromatic amines is 1. The van der Waals surface area contributed by atoms with Gasteiger partial charge in [0.25, 0.3) is 11.5 Å². The van der Waals surface area contributed by atoms with E-state index in [1.807, 2.05) is 4.90 Å². The minimum atomic E-state index is -1.36. The molecular weight excluding hydrogens is 841 g/mol. The van der Waals surface area contributed by atoms with Gasteiger partial charge in [0.1, 0.15) is 18.4 Å². The summed E-state index contributed by atoms with van der Waals surface area (Å²) in [6, 6.07) is 9.40. The molecule has 3 amide bonds. The fourth-order valence-electron chi connectivity index (χ4n) is 5.90. The molecule has 0 spiro atoms. The number of amides is 3. The number of H-pyrrole nitrogens is 1. The molecule has 0 bridgehead atoms. The van der Waals surface area contributed by atoms with Crippen molar-refractivity contribution in [3.63, 3.8) is 0 Å². The first-order valence-corrected chi connectivity index (χ1v) is 22.3. The van der Waals surface area contributed by atoms with Gasteiger partial charge in [0.15, 0.2) is 5.78 Å². The van der Waals surface area contributed by atoms with Gasteiger partial charge in [0.05, 0.1) is 23.5 Å². The van der Waals surface area contributed by atoms with Gasteiger partial charge >= 0.3 is 11.9 Å². The highest BCUT2D eigenvalue weighted by Gasteiger charge is 2.25. The first-order valence-electron chi connectivity index (χ1n) is 19.9. The molecule has 0 aliphatic carbocycles. The quantitative estimate of drug-likeness (QED) is 0.0250. The van der Waals surface area contributed by atoms with E-state index in [1.54, 1.807) is 44.2 Å². The van der Waals surface area contributed by atoms with Gasteiger partial charge in [-0.05, 0) is 55.3 Å². The highest BCUT2D eigenvalue weighted by atomic mass is 33.1. The van der Waals surface area contributed by atoms with Crippen LogP contribution in [0.4, 0.5) is 11.6 Å². The summed E-state index contributed by atoms with van der Waals surface area (Å²) in [6.45, 7) is 5.95. The first-order chi connectivity index (χ1) is 29.5. The minimum Gasteiger partial charge on any atom is -0.480 e. The number of benzene rings is 2. The highest BCUT2D eigenvalue weighted by Crippen LogP contribution is 2.23. The summed E-state index contributed by atoms with van der Waals surface area (Å²) >= 11 is 0. The van der Waals surface area contributed by atoms with Crippen molar-refractivity contribution in [1.29, 1.82) is 0 Å². The zero-order valence-corrected chi connectivity index (χ0v) is 36.5. The van der Waals surface area contributed by atoms with E-state index in [9.17, 15) is 43.5 Å². The van der Waals surface area contributed by atoms with Gasteiger partial charge in [-0.25, -0.2) is 9.78 Å². The largest absolute Gasteiger partial charge is 0.480 e. The van der Waals surface area contributed by atoms with Crippen LogP contribution in [0.3, 0.4) is 0 Å². The minimum absolute atomic E-state index is 0.00187. The molecule has 0 unspecified atom stereocenters. The van der Waals surface area contributed by atoms with Crippen LogP contribution >= 0.6 is 21.6 Å². The molecule has 4 atom stereocenters. The molecule has 1 aromatic heterocycles. The highest BCUT2D eigenvalue weighted by molar-refractivity contribution is 8.76. The number of carboxylic acids is 1. The number of ether oxygens (including phenoxy) is 1. The molecule has 0 saturated carbocycles. The lowest BCUT2D eigenvalue weighted by atomic mass is 9.98. The standard InChI is InChI=1S/C42H54N8O10S2/c1-5-17-50(24-28-6-11-33-32(23-28)40(57)49-42(44)48-33)30-9-7-29(8-10-30)39(56)47-34(41(58)59)12-13-36(53)60-18-20-62-61-19-14-31(51)21-25(2)38(55)46-27(4)35(52)22-26(3)37(54)45-16-15-43/h1,6-11,23,25-27,34H,12-22,24,43H2,2-4H3,(H,45,54)(H,46,55)(H,47,56)(H,58,59)(H3,44,48,49,57)/t25-,26-,27+,34+/m1/s1. The first kappa shape index (κ1) is 50.4. The Morgan fingerprint density at radius 1 is 0.952 bits per heavy atom. The fraction of sp³-hybridized carbons (Fsp3) is 0.452. The Bertz CT molecular complexity index is 2160. The molecule has 2 aromatic carbocycles. The molecular formula is C42H54N8O10S2. The number of Topliss-reactive ketones (excluding diaryl/α,β-unsaturated/α-hetero) is 2. The van der Waals surface area contributed by atoms with E-state index in [0.717, 1.165) is 5.56 Å². The van der Waals surface area contributed by atoms with E-state index >= 15 is 0 Å². The van der Waals surface area contributed by atoms with Crippen molar-refractivity contribution in [2.24, 2.45) is 17.6 Å². The van der Waals surface area contributed by atoms with Crippen molar-refractivity contribution in [3.8, 4) is 12.3 Å². The van der Waals surface area contributed by atoms with Crippen LogP contribution in [0.5, 0.6) is 0 Å². The van der Waals surface area contributed by atoms with Gasteiger partial charge in [-0.1, -0.05) is 47.4 Å². The van der Waals surface area contributed by atoms with E-state index in [4.69, 9.17) is 22.6 Å². The van der Waals surface area contributed by atoms with Gasteiger partial charge in [-0.15, -0.1) is 6.42 Å². The number of carbonyl (C=O) groups is 7. The van der Waals surface area contributed by atoms with Crippen molar-refractivity contribution in [1.82, 2.24) is 25.9 Å². The number of hydrogen-bond acceptors (Lipinski definition) is 15. The zero-order chi connectivity index (χ0) is 45.8. The number of esters is 1. The van der Waals surface area contributed by atoms with Crippen molar-refractivity contribution in [3.05, 3.63) is 63.9 Å². The van der Waals surface area contributed by atoms with E-state index in [2.05, 4.69) is 31.8 Å². The SMILES string of the molecule is C#CCN(Cc1ccc2nc(N)[nH]c(=O)c2c1)c1ccc(C(=O)N[C@@H](CCC(=O)OCCSSCCC(=O)C[C@@H](C)C(=O)N[C@@H](C)C(=O)C[C@@H](C)C(=O)NCCN)C(=O)O)cc1. The average molecular weight is 895 g/mol. The monoisotopic (exact) mass is 894 g/mol. The van der Waals surface area contributed by atoms with Crippen LogP contribution in [-0.2, 0) is 40.0 Å². The molecule has 334 valence electrons. The second-order valence-corrected chi connectivity index (χ2v) is 17.2. The third-order valence-corrected chi connectivity index (χ3v) is 11.7. The van der Waals surface area contributed by atoms with Crippen LogP contribution in [0.25, 0.3) is 10.9 Å². The normalized spacial score (nSPS) is 12.8. The zero-order valence-electron chi connectivity index (χ0n) is 34.9. The van der Waals surface area contributed by atoms with Gasteiger partial charge in [-0.2, -0.15) is 0 Å². The number of anilines is 2. The Hall–Kier alpha value is -5.91. The average Bonchev–Trinajstić information content (AvgIpc) is 3.23. The number of carbonyl (C=O) groups excluding carboxylic acids is 6. The van der Waals surface area contributed by atoms with Crippen molar-refractivity contribution in [2.75, 3.05) is 48.4 Å². The van der Waals surface area contributed by atoms with Crippen LogP contribution in [0.1, 0.15) is 68.8 Å². The maximum atomic E-state index is 13.0. The molecule has 3 rings (SSSR count). The maximum Gasteiger partial charge on any atom is 0.326 e. The van der Waals surface area contributed by atoms with Gasteiger partial charge in [0, 0.05) is 79.9 Å². The summed E-state index contributed by atoms with van der Waals surface area (Å²) in [7, 11) is 2.78. The number of nitrogens with one attached hydrogen (secondary N) is 4. The molecule has 0 fully saturated rings. The number of hydrogen-bond donors (Lipinski definition) is 7. The van der Waals surface area contributed by atoms with Crippen LogP contribution in [0, 0.1) is 24.2 Å². The Morgan fingerprint density at radius 3 is 2.32 bits per heavy atom. The Balaban J connectivity index is 1.34. The molecule has 18 nitrogen and oxygen atoms in total. The topological polar surface area (TPSA) is 286 Å². The van der Waals surface area contributed by atoms with E-state index < -0.39 is 47.7 Å². The molecule has 0 saturated heterocycles. The van der Waals surface area contributed by atoms with Crippen LogP contribution in [0.15, 0.2) is 47.3 Å². The van der Waals surface area contributed by atoms with Crippen LogP contribution in [-0.4, -0.2) is 106 Å². The Labute approximate surface area is 367 Å². The van der Waals surface area contributed by atoms with E-state index in [0.29, 0.717) is 41.2 Å². The van der Waals surface area contributed by atoms with Gasteiger partial charge in [-0.3, -0.25) is 38.5 Å². The van der Waals surface area contributed by atoms with Gasteiger partial charge < -0.3 is 42.2 Å². The number of ketones is 2.